The van der Waals surface area contributed by atoms with Crippen molar-refractivity contribution in [1.29, 1.82) is 0 Å². The summed E-state index contributed by atoms with van der Waals surface area (Å²) in [5, 5.41) is 2.48. The Morgan fingerprint density at radius 2 is 1.85 bits per heavy atom. The molecule has 1 heterocycles. The number of carbonyl (C=O) groups is 3. The van der Waals surface area contributed by atoms with Crippen molar-refractivity contribution in [3.8, 4) is 0 Å². The number of unbranched alkanes of at least 4 members (excludes halogenated alkanes) is 2. The van der Waals surface area contributed by atoms with Gasteiger partial charge in [-0.15, -0.1) is 0 Å². The molecule has 0 spiro atoms. The second-order valence-electron chi connectivity index (χ2n) is 7.24. The lowest BCUT2D eigenvalue weighted by Crippen LogP contribution is -2.35. The zero-order valence-electron chi connectivity index (χ0n) is 16.8. The van der Waals surface area contributed by atoms with Gasteiger partial charge in [0.15, 0.2) is 0 Å². The van der Waals surface area contributed by atoms with Crippen LogP contribution in [-0.2, 0) is 19.1 Å². The van der Waals surface area contributed by atoms with Crippen molar-refractivity contribution in [2.75, 3.05) is 34.2 Å². The van der Waals surface area contributed by atoms with Crippen molar-refractivity contribution < 1.29 is 19.1 Å². The average molecular weight is 370 g/mol. The van der Waals surface area contributed by atoms with E-state index in [1.54, 1.807) is 7.05 Å². The maximum atomic E-state index is 12.5. The second-order valence-corrected chi connectivity index (χ2v) is 7.24. The second kappa shape index (κ2) is 11.9. The number of likely N-dealkylation sites (tertiary alicyclic amines) is 1. The van der Waals surface area contributed by atoms with Gasteiger partial charge in [0.25, 0.3) is 0 Å². The van der Waals surface area contributed by atoms with Crippen LogP contribution in [0.2, 0.25) is 0 Å². The molecule has 7 heteroatoms. The maximum absolute atomic E-state index is 12.5. The van der Waals surface area contributed by atoms with Crippen LogP contribution in [0.5, 0.6) is 0 Å². The van der Waals surface area contributed by atoms with Gasteiger partial charge >= 0.3 is 5.97 Å². The summed E-state index contributed by atoms with van der Waals surface area (Å²) in [6, 6.07) is 0.140. The average Bonchev–Trinajstić information content (AvgIpc) is 3.01. The van der Waals surface area contributed by atoms with Gasteiger partial charge < -0.3 is 19.9 Å². The number of hydrogen-bond acceptors (Lipinski definition) is 5. The maximum Gasteiger partial charge on any atom is 0.306 e. The molecule has 0 aromatic carbocycles. The van der Waals surface area contributed by atoms with Crippen molar-refractivity contribution in [2.24, 2.45) is 0 Å². The third kappa shape index (κ3) is 8.17. The van der Waals surface area contributed by atoms with E-state index >= 15 is 0 Å². The topological polar surface area (TPSA) is 79.0 Å². The zero-order chi connectivity index (χ0) is 19.5. The quantitative estimate of drug-likeness (QED) is 0.442. The van der Waals surface area contributed by atoms with Crippen molar-refractivity contribution in [3.63, 3.8) is 0 Å². The highest BCUT2D eigenvalue weighted by Gasteiger charge is 2.35. The van der Waals surface area contributed by atoms with Crippen LogP contribution in [0, 0.1) is 0 Å². The molecule has 0 bridgehead atoms. The number of nitrogens with zero attached hydrogens (tertiary/aromatic N) is 2. The van der Waals surface area contributed by atoms with Gasteiger partial charge in [0.2, 0.25) is 11.8 Å². The van der Waals surface area contributed by atoms with E-state index in [4.69, 9.17) is 4.74 Å². The Labute approximate surface area is 157 Å². The summed E-state index contributed by atoms with van der Waals surface area (Å²) in [6.07, 6.45) is 5.11. The molecule has 2 atom stereocenters. The minimum absolute atomic E-state index is 0.0762. The van der Waals surface area contributed by atoms with Gasteiger partial charge in [-0.25, -0.2) is 0 Å². The lowest BCUT2D eigenvalue weighted by atomic mass is 10.1. The van der Waals surface area contributed by atoms with Gasteiger partial charge in [-0.1, -0.05) is 13.3 Å². The molecule has 1 rings (SSSR count). The summed E-state index contributed by atoms with van der Waals surface area (Å²) in [6.45, 7) is 3.57. The predicted molar refractivity (Wildman–Crippen MR) is 101 cm³/mol. The number of nitrogens with one attached hydrogen (secondary N) is 1. The van der Waals surface area contributed by atoms with E-state index in [-0.39, 0.29) is 42.8 Å². The molecule has 1 aliphatic rings. The molecule has 1 fully saturated rings. The molecule has 150 valence electrons. The Hall–Kier alpha value is -1.63. The minimum Gasteiger partial charge on any atom is -0.460 e. The van der Waals surface area contributed by atoms with Crippen molar-refractivity contribution in [3.05, 3.63) is 0 Å². The van der Waals surface area contributed by atoms with Crippen molar-refractivity contribution in [1.82, 2.24) is 15.1 Å². The van der Waals surface area contributed by atoms with Crippen LogP contribution >= 0.6 is 0 Å². The molecule has 0 aromatic heterocycles. The number of ether oxygens (including phenoxy) is 1. The molecule has 1 aliphatic heterocycles. The third-order valence-corrected chi connectivity index (χ3v) is 4.80. The Morgan fingerprint density at radius 1 is 1.12 bits per heavy atom. The van der Waals surface area contributed by atoms with Crippen LogP contribution < -0.4 is 5.32 Å². The van der Waals surface area contributed by atoms with E-state index in [2.05, 4.69) is 31.2 Å². The minimum atomic E-state index is -0.369. The van der Waals surface area contributed by atoms with Gasteiger partial charge in [-0.3, -0.25) is 14.4 Å². The Morgan fingerprint density at radius 3 is 2.46 bits per heavy atom. The van der Waals surface area contributed by atoms with E-state index in [9.17, 15) is 14.4 Å². The molecular weight excluding hydrogens is 334 g/mol. The number of esters is 1. The van der Waals surface area contributed by atoms with Gasteiger partial charge in [0.1, 0.15) is 6.10 Å². The molecule has 0 radical (unpaired) electrons. The molecule has 0 aliphatic carbocycles. The van der Waals surface area contributed by atoms with E-state index in [0.717, 1.165) is 32.2 Å². The highest BCUT2D eigenvalue weighted by Crippen LogP contribution is 2.24. The van der Waals surface area contributed by atoms with Crippen molar-refractivity contribution in [2.45, 2.75) is 70.4 Å². The molecule has 0 unspecified atom stereocenters. The van der Waals surface area contributed by atoms with Gasteiger partial charge in [-0.05, 0) is 39.9 Å². The fourth-order valence-corrected chi connectivity index (χ4v) is 3.26. The summed E-state index contributed by atoms with van der Waals surface area (Å²) in [4.78, 5) is 39.6. The summed E-state index contributed by atoms with van der Waals surface area (Å²) in [5.74, 6) is -0.386. The molecular formula is C19H35N3O4. The summed E-state index contributed by atoms with van der Waals surface area (Å²) >= 11 is 0. The fourth-order valence-electron chi connectivity index (χ4n) is 3.26. The Balaban J connectivity index is 2.36. The molecule has 0 aromatic rings. The van der Waals surface area contributed by atoms with Gasteiger partial charge in [0.05, 0.1) is 13.0 Å². The van der Waals surface area contributed by atoms with E-state index in [1.807, 2.05) is 4.90 Å². The molecule has 7 nitrogen and oxygen atoms in total. The van der Waals surface area contributed by atoms with E-state index in [0.29, 0.717) is 19.4 Å². The largest absolute Gasteiger partial charge is 0.460 e. The smallest absolute Gasteiger partial charge is 0.306 e. The highest BCUT2D eigenvalue weighted by atomic mass is 16.5. The summed E-state index contributed by atoms with van der Waals surface area (Å²) < 4.78 is 5.47. The molecule has 1 N–H and O–H groups in total. The predicted octanol–water partition coefficient (Wildman–Crippen LogP) is 1.56. The molecule has 2 amide bonds. The normalized spacial score (nSPS) is 19.7. The van der Waals surface area contributed by atoms with Crippen LogP contribution in [-0.4, -0.2) is 74.0 Å². The van der Waals surface area contributed by atoms with E-state index in [1.165, 1.54) is 0 Å². The Bertz CT molecular complexity index is 468. The number of hydrogen-bond donors (Lipinski definition) is 1. The molecule has 26 heavy (non-hydrogen) atoms. The first-order valence-electron chi connectivity index (χ1n) is 9.71. The van der Waals surface area contributed by atoms with Crippen LogP contribution in [0.15, 0.2) is 0 Å². The monoisotopic (exact) mass is 369 g/mol. The summed E-state index contributed by atoms with van der Waals surface area (Å²) in [5.41, 5.74) is 0. The van der Waals surface area contributed by atoms with Gasteiger partial charge in [-0.2, -0.15) is 0 Å². The van der Waals surface area contributed by atoms with Gasteiger partial charge in [0, 0.05) is 32.4 Å². The van der Waals surface area contributed by atoms with Crippen LogP contribution in [0.1, 0.15) is 58.3 Å². The lowest BCUT2D eigenvalue weighted by Gasteiger charge is -2.23. The molecule has 1 saturated heterocycles. The lowest BCUT2D eigenvalue weighted by molar-refractivity contribution is -0.150. The highest BCUT2D eigenvalue weighted by molar-refractivity contribution is 5.81. The summed E-state index contributed by atoms with van der Waals surface area (Å²) in [7, 11) is 5.65. The number of amides is 2. The Kier molecular flexibility index (Phi) is 10.2. The molecule has 0 saturated carbocycles. The third-order valence-electron chi connectivity index (χ3n) is 4.80. The first kappa shape index (κ1) is 22.4. The SMILES string of the molecule is CC[C@@H]1C[C@@H](OC(=O)CCC(=O)NC)CN1C(=O)CCCCCN(C)C. The van der Waals surface area contributed by atoms with Crippen LogP contribution in [0.3, 0.4) is 0 Å². The standard InChI is InChI=1S/C19H35N3O4/c1-5-15-13-16(26-19(25)11-10-17(23)20-2)14-22(15)18(24)9-7-6-8-12-21(3)4/h15-16H,5-14H2,1-4H3,(H,20,23)/t15-,16-/m1/s1. The van der Waals surface area contributed by atoms with Crippen LogP contribution in [0.4, 0.5) is 0 Å². The van der Waals surface area contributed by atoms with Crippen LogP contribution in [0.25, 0.3) is 0 Å². The van der Waals surface area contributed by atoms with E-state index < -0.39 is 0 Å². The number of carbonyl (C=O) groups excluding carboxylic acids is 3. The van der Waals surface area contributed by atoms with Crippen molar-refractivity contribution >= 4 is 17.8 Å². The number of rotatable bonds is 11. The first-order chi connectivity index (χ1) is 12.4. The zero-order valence-corrected chi connectivity index (χ0v) is 16.8. The fraction of sp³-hybridized carbons (Fsp3) is 0.842. The first-order valence-corrected chi connectivity index (χ1v) is 9.71.